The van der Waals surface area contributed by atoms with Crippen LogP contribution in [0.4, 0.5) is 11.4 Å². The number of imide groups is 1. The SMILES string of the molecule is CC1=C[C@H]2C[C@H]1[C@H]1C(=O)N(c3cccc(C(=O)OCC(=O)Nc4ccccc4C)c3)C(=O)[C@H]12. The second-order valence-corrected chi connectivity index (χ2v) is 8.97. The Morgan fingerprint density at radius 2 is 1.79 bits per heavy atom. The number of carbonyl (C=O) groups excluding carboxylic acids is 4. The number of amides is 3. The molecular formula is C26H24N2O5. The molecule has 4 atom stereocenters. The van der Waals surface area contributed by atoms with E-state index < -0.39 is 18.5 Å². The number of allylic oxidation sites excluding steroid dienone is 2. The van der Waals surface area contributed by atoms with Gasteiger partial charge in [0.25, 0.3) is 5.91 Å². The Balaban J connectivity index is 1.26. The van der Waals surface area contributed by atoms with E-state index in [1.54, 1.807) is 24.3 Å². The van der Waals surface area contributed by atoms with Crippen LogP contribution in [0.2, 0.25) is 0 Å². The number of esters is 1. The lowest BCUT2D eigenvalue weighted by Crippen LogP contribution is -2.33. The molecule has 1 N–H and O–H groups in total. The summed E-state index contributed by atoms with van der Waals surface area (Å²) in [5.74, 6) is -1.95. The van der Waals surface area contributed by atoms with E-state index in [4.69, 9.17) is 4.74 Å². The minimum Gasteiger partial charge on any atom is -0.452 e. The maximum Gasteiger partial charge on any atom is 0.338 e. The molecule has 0 aromatic heterocycles. The van der Waals surface area contributed by atoms with Crippen LogP contribution in [0, 0.1) is 30.6 Å². The first-order valence-electron chi connectivity index (χ1n) is 11.0. The number of carbonyl (C=O) groups is 4. The van der Waals surface area contributed by atoms with E-state index in [1.165, 1.54) is 22.6 Å². The molecule has 0 spiro atoms. The van der Waals surface area contributed by atoms with Gasteiger partial charge in [0.1, 0.15) is 0 Å². The molecular weight excluding hydrogens is 420 g/mol. The number of anilines is 2. The number of rotatable bonds is 5. The van der Waals surface area contributed by atoms with Crippen LogP contribution < -0.4 is 10.2 Å². The molecule has 1 saturated heterocycles. The molecule has 1 aliphatic heterocycles. The summed E-state index contributed by atoms with van der Waals surface area (Å²) in [6.45, 7) is 3.44. The fraction of sp³-hybridized carbons (Fsp3) is 0.308. The zero-order valence-corrected chi connectivity index (χ0v) is 18.4. The van der Waals surface area contributed by atoms with Gasteiger partial charge in [-0.3, -0.25) is 14.4 Å². The maximum absolute atomic E-state index is 13.1. The fourth-order valence-electron chi connectivity index (χ4n) is 5.41. The van der Waals surface area contributed by atoms with Crippen LogP contribution in [-0.2, 0) is 19.1 Å². The quantitative estimate of drug-likeness (QED) is 0.433. The molecule has 2 bridgehead atoms. The Bertz CT molecular complexity index is 1220. The van der Waals surface area contributed by atoms with Gasteiger partial charge in [-0.1, -0.05) is 35.9 Å². The average molecular weight is 444 g/mol. The summed E-state index contributed by atoms with van der Waals surface area (Å²) in [5.41, 5.74) is 3.26. The van der Waals surface area contributed by atoms with Crippen LogP contribution in [0.25, 0.3) is 0 Å². The maximum atomic E-state index is 13.1. The predicted molar refractivity (Wildman–Crippen MR) is 121 cm³/mol. The van der Waals surface area contributed by atoms with Crippen LogP contribution in [0.3, 0.4) is 0 Å². The summed E-state index contributed by atoms with van der Waals surface area (Å²) >= 11 is 0. The van der Waals surface area contributed by atoms with Gasteiger partial charge in [0.2, 0.25) is 11.8 Å². The lowest BCUT2D eigenvalue weighted by Gasteiger charge is -2.19. The number of hydrogen-bond acceptors (Lipinski definition) is 5. The Labute approximate surface area is 191 Å². The summed E-state index contributed by atoms with van der Waals surface area (Å²) < 4.78 is 5.16. The highest BCUT2D eigenvalue weighted by Gasteiger charge is 2.60. The standard InChI is InChI=1S/C26H24N2O5/c1-14-6-3-4-9-20(14)27-21(29)13-33-26(32)16-7-5-8-18(11-16)28-24(30)22-17-10-15(2)19(12-17)23(22)25(28)31/h3-11,17,19,22-23H,12-13H2,1-2H3,(H,27,29)/t17-,19+,22-,23+/m0/s1. The van der Waals surface area contributed by atoms with E-state index in [9.17, 15) is 19.2 Å². The van der Waals surface area contributed by atoms with Crippen molar-refractivity contribution in [1.82, 2.24) is 0 Å². The Hall–Kier alpha value is -3.74. The third-order valence-corrected chi connectivity index (χ3v) is 6.97. The van der Waals surface area contributed by atoms with Crippen molar-refractivity contribution in [3.05, 3.63) is 71.3 Å². The van der Waals surface area contributed by atoms with Crippen molar-refractivity contribution in [1.29, 1.82) is 0 Å². The molecule has 168 valence electrons. The third-order valence-electron chi connectivity index (χ3n) is 6.97. The van der Waals surface area contributed by atoms with Gasteiger partial charge in [-0.05, 0) is 61.9 Å². The van der Waals surface area contributed by atoms with Gasteiger partial charge in [0.15, 0.2) is 6.61 Å². The summed E-state index contributed by atoms with van der Waals surface area (Å²) in [5, 5.41) is 2.71. The lowest BCUT2D eigenvalue weighted by molar-refractivity contribution is -0.123. The molecule has 3 aliphatic rings. The zero-order valence-electron chi connectivity index (χ0n) is 18.4. The van der Waals surface area contributed by atoms with E-state index >= 15 is 0 Å². The van der Waals surface area contributed by atoms with Crippen LogP contribution in [-0.4, -0.2) is 30.3 Å². The third kappa shape index (κ3) is 3.53. The normalized spacial score (nSPS) is 25.2. The minimum atomic E-state index is -0.700. The molecule has 2 aromatic carbocycles. The van der Waals surface area contributed by atoms with Gasteiger partial charge in [0.05, 0.1) is 23.1 Å². The number of nitrogens with one attached hydrogen (secondary N) is 1. The minimum absolute atomic E-state index is 0.112. The van der Waals surface area contributed by atoms with E-state index in [1.807, 2.05) is 26.0 Å². The van der Waals surface area contributed by atoms with E-state index in [-0.39, 0.29) is 41.0 Å². The first kappa shape index (κ1) is 21.1. The molecule has 7 heteroatoms. The van der Waals surface area contributed by atoms with Gasteiger partial charge in [-0.2, -0.15) is 0 Å². The van der Waals surface area contributed by atoms with Crippen LogP contribution in [0.15, 0.2) is 60.2 Å². The number of nitrogens with zero attached hydrogens (tertiary/aromatic N) is 1. The molecule has 2 aliphatic carbocycles. The number of hydrogen-bond donors (Lipinski definition) is 1. The number of benzene rings is 2. The molecule has 5 rings (SSSR count). The molecule has 0 radical (unpaired) electrons. The van der Waals surface area contributed by atoms with Crippen LogP contribution in [0.1, 0.15) is 29.3 Å². The molecule has 2 aromatic rings. The molecule has 3 amide bonds. The molecule has 0 unspecified atom stereocenters. The fourth-order valence-corrected chi connectivity index (χ4v) is 5.41. The highest BCUT2D eigenvalue weighted by atomic mass is 16.5. The van der Waals surface area contributed by atoms with Gasteiger partial charge in [-0.25, -0.2) is 9.69 Å². The second-order valence-electron chi connectivity index (χ2n) is 8.97. The number of aryl methyl sites for hydroxylation is 1. The van der Waals surface area contributed by atoms with Crippen molar-refractivity contribution < 1.29 is 23.9 Å². The summed E-state index contributed by atoms with van der Waals surface area (Å²) in [6.07, 6.45) is 2.99. The zero-order chi connectivity index (χ0) is 23.3. The Kier molecular flexibility index (Phi) is 5.12. The van der Waals surface area contributed by atoms with Gasteiger partial charge in [0, 0.05) is 5.69 Å². The number of para-hydroxylation sites is 1. The van der Waals surface area contributed by atoms with Gasteiger partial charge in [-0.15, -0.1) is 0 Å². The van der Waals surface area contributed by atoms with Crippen molar-refractivity contribution in [2.24, 2.45) is 23.7 Å². The highest BCUT2D eigenvalue weighted by molar-refractivity contribution is 6.23. The average Bonchev–Trinajstić information content (AvgIpc) is 3.44. The van der Waals surface area contributed by atoms with E-state index in [2.05, 4.69) is 11.4 Å². The van der Waals surface area contributed by atoms with Crippen LogP contribution in [0.5, 0.6) is 0 Å². The molecule has 33 heavy (non-hydrogen) atoms. The first-order valence-corrected chi connectivity index (χ1v) is 11.0. The molecule has 7 nitrogen and oxygen atoms in total. The van der Waals surface area contributed by atoms with Crippen molar-refractivity contribution >= 4 is 35.1 Å². The Morgan fingerprint density at radius 1 is 1.03 bits per heavy atom. The van der Waals surface area contributed by atoms with Crippen molar-refractivity contribution in [2.45, 2.75) is 20.3 Å². The lowest BCUT2D eigenvalue weighted by atomic mass is 9.82. The summed E-state index contributed by atoms with van der Waals surface area (Å²) in [6, 6.07) is 13.5. The van der Waals surface area contributed by atoms with Gasteiger partial charge < -0.3 is 10.1 Å². The Morgan fingerprint density at radius 3 is 2.58 bits per heavy atom. The highest BCUT2D eigenvalue weighted by Crippen LogP contribution is 2.55. The number of ether oxygens (including phenoxy) is 1. The van der Waals surface area contributed by atoms with Crippen molar-refractivity contribution in [3.8, 4) is 0 Å². The van der Waals surface area contributed by atoms with Crippen molar-refractivity contribution in [2.75, 3.05) is 16.8 Å². The smallest absolute Gasteiger partial charge is 0.338 e. The van der Waals surface area contributed by atoms with Gasteiger partial charge >= 0.3 is 5.97 Å². The molecule has 1 saturated carbocycles. The monoisotopic (exact) mass is 444 g/mol. The predicted octanol–water partition coefficient (Wildman–Crippen LogP) is 3.49. The summed E-state index contributed by atoms with van der Waals surface area (Å²) in [7, 11) is 0. The molecule has 2 fully saturated rings. The van der Waals surface area contributed by atoms with Crippen LogP contribution >= 0.6 is 0 Å². The summed E-state index contributed by atoms with van der Waals surface area (Å²) in [4.78, 5) is 52.2. The first-order chi connectivity index (χ1) is 15.8. The largest absolute Gasteiger partial charge is 0.452 e. The number of fused-ring (bicyclic) bond motifs is 5. The van der Waals surface area contributed by atoms with Crippen molar-refractivity contribution in [3.63, 3.8) is 0 Å². The van der Waals surface area contributed by atoms with E-state index in [0.717, 1.165) is 12.0 Å². The van der Waals surface area contributed by atoms with E-state index in [0.29, 0.717) is 11.4 Å². The molecule has 1 heterocycles. The second kappa shape index (κ2) is 7.99. The topological polar surface area (TPSA) is 92.8 Å².